The number of amides is 1. The monoisotopic (exact) mass is 347 g/mol. The molecule has 25 heavy (non-hydrogen) atoms. The quantitative estimate of drug-likeness (QED) is 0.846. The fraction of sp³-hybridized carbons (Fsp3) is 0.471. The van der Waals surface area contributed by atoms with Gasteiger partial charge in [0.15, 0.2) is 5.82 Å². The van der Waals surface area contributed by atoms with Crippen LogP contribution in [0, 0.1) is 5.92 Å². The van der Waals surface area contributed by atoms with Crippen LogP contribution in [0.25, 0.3) is 6.08 Å². The van der Waals surface area contributed by atoms with Gasteiger partial charge in [0.05, 0.1) is 13.4 Å². The van der Waals surface area contributed by atoms with Crippen LogP contribution in [0.3, 0.4) is 0 Å². The van der Waals surface area contributed by atoms with Gasteiger partial charge in [0.1, 0.15) is 17.4 Å². The Bertz CT molecular complexity index is 841. The Hall–Kier alpha value is -2.61. The summed E-state index contributed by atoms with van der Waals surface area (Å²) in [6.45, 7) is 5.24. The van der Waals surface area contributed by atoms with Crippen LogP contribution in [0.2, 0.25) is 0 Å². The maximum absolute atomic E-state index is 13.1. The molecule has 2 N–H and O–H groups in total. The smallest absolute Gasteiger partial charge is 0.265 e. The lowest BCUT2D eigenvalue weighted by Gasteiger charge is -2.40. The minimum Gasteiger partial charge on any atom is -0.497 e. The van der Waals surface area contributed by atoms with Gasteiger partial charge >= 0.3 is 0 Å². The molecule has 1 amide bonds. The first-order valence-electron chi connectivity index (χ1n) is 8.13. The topological polar surface area (TPSA) is 103 Å². The largest absolute Gasteiger partial charge is 0.497 e. The number of ether oxygens (including phenoxy) is 2. The van der Waals surface area contributed by atoms with Gasteiger partial charge in [-0.15, -0.1) is 0 Å². The summed E-state index contributed by atoms with van der Waals surface area (Å²) in [5, 5.41) is 13.7. The van der Waals surface area contributed by atoms with Gasteiger partial charge in [0, 0.05) is 12.0 Å². The fourth-order valence-corrected chi connectivity index (χ4v) is 2.96. The number of aromatic nitrogens is 2. The lowest BCUT2D eigenvalue weighted by molar-refractivity contribution is -0.144. The van der Waals surface area contributed by atoms with E-state index in [9.17, 15) is 14.7 Å². The van der Waals surface area contributed by atoms with Gasteiger partial charge in [0.25, 0.3) is 5.56 Å². The van der Waals surface area contributed by atoms with Gasteiger partial charge in [0.2, 0.25) is 17.5 Å². The molecule has 0 saturated heterocycles. The molecule has 0 fully saturated rings. The number of methoxy groups -OCH3 is 1. The Morgan fingerprint density at radius 2 is 2.24 bits per heavy atom. The summed E-state index contributed by atoms with van der Waals surface area (Å²) < 4.78 is 11.8. The van der Waals surface area contributed by atoms with Crippen LogP contribution in [0.4, 0.5) is 0 Å². The summed E-state index contributed by atoms with van der Waals surface area (Å²) >= 11 is 0. The predicted molar refractivity (Wildman–Crippen MR) is 89.5 cm³/mol. The van der Waals surface area contributed by atoms with Crippen molar-refractivity contribution >= 4 is 12.0 Å². The fourth-order valence-electron chi connectivity index (χ4n) is 2.96. The van der Waals surface area contributed by atoms with Crippen LogP contribution in [-0.2, 0) is 15.3 Å². The van der Waals surface area contributed by atoms with E-state index in [1.54, 1.807) is 19.9 Å². The Balaban J connectivity index is 2.32. The predicted octanol–water partition coefficient (Wildman–Crippen LogP) is 1.02. The highest BCUT2D eigenvalue weighted by Gasteiger charge is 2.47. The van der Waals surface area contributed by atoms with E-state index in [-0.39, 0.29) is 23.2 Å². The number of aliphatic hydroxyl groups is 1. The number of fused-ring (bicyclic) bond motifs is 2. The Labute approximate surface area is 144 Å². The van der Waals surface area contributed by atoms with Crippen LogP contribution in [0.1, 0.15) is 44.6 Å². The molecule has 2 aliphatic rings. The van der Waals surface area contributed by atoms with E-state index in [2.05, 4.69) is 10.3 Å². The Kier molecular flexibility index (Phi) is 4.16. The van der Waals surface area contributed by atoms with Crippen molar-refractivity contribution in [2.45, 2.75) is 39.0 Å². The second-order valence-electron chi connectivity index (χ2n) is 6.24. The van der Waals surface area contributed by atoms with Crippen molar-refractivity contribution in [1.29, 1.82) is 0 Å². The highest BCUT2D eigenvalue weighted by Crippen LogP contribution is 2.34. The van der Waals surface area contributed by atoms with E-state index in [1.165, 1.54) is 24.0 Å². The second kappa shape index (κ2) is 6.03. The average molecular weight is 347 g/mol. The summed E-state index contributed by atoms with van der Waals surface area (Å²) in [4.78, 5) is 29.8. The maximum Gasteiger partial charge on any atom is 0.265 e. The molecule has 134 valence electrons. The van der Waals surface area contributed by atoms with E-state index in [1.807, 2.05) is 6.92 Å². The van der Waals surface area contributed by atoms with Crippen molar-refractivity contribution in [2.24, 2.45) is 5.92 Å². The zero-order chi connectivity index (χ0) is 18.4. The minimum atomic E-state index is -1.75. The number of carbonyl (C=O) groups is 1. The van der Waals surface area contributed by atoms with E-state index in [0.717, 1.165) is 0 Å². The summed E-state index contributed by atoms with van der Waals surface area (Å²) in [5.41, 5.74) is -2.05. The molecule has 3 atom stereocenters. The van der Waals surface area contributed by atoms with Crippen molar-refractivity contribution in [3.8, 4) is 5.88 Å². The SMILES string of the molecule is CC[C@@H](C)[C@]1(O)NC(=O)[C@@H](C)n2c1nc1c(c2=O)C=C(OC)C=CO1. The van der Waals surface area contributed by atoms with Gasteiger partial charge in [-0.25, -0.2) is 0 Å². The first-order valence-corrected chi connectivity index (χ1v) is 8.13. The lowest BCUT2D eigenvalue weighted by Crippen LogP contribution is -2.60. The normalized spacial score (nSPS) is 25.7. The molecule has 0 spiro atoms. The van der Waals surface area contributed by atoms with Gasteiger partial charge in [-0.05, 0) is 19.4 Å². The molecule has 0 aromatic carbocycles. The molecule has 8 nitrogen and oxygen atoms in total. The highest BCUT2D eigenvalue weighted by molar-refractivity contribution is 5.82. The van der Waals surface area contributed by atoms with Crippen LogP contribution in [0.15, 0.2) is 22.9 Å². The first kappa shape index (κ1) is 17.2. The maximum atomic E-state index is 13.1. The summed E-state index contributed by atoms with van der Waals surface area (Å²) in [5.74, 6) is -0.248. The molecular formula is C17H21N3O5. The number of allylic oxidation sites excluding steroid dienone is 1. The summed E-state index contributed by atoms with van der Waals surface area (Å²) in [6, 6.07) is -0.805. The van der Waals surface area contributed by atoms with Crippen molar-refractivity contribution in [2.75, 3.05) is 7.11 Å². The number of carbonyl (C=O) groups excluding carboxylic acids is 1. The molecule has 1 aromatic heterocycles. The van der Waals surface area contributed by atoms with Crippen LogP contribution < -0.4 is 15.6 Å². The third kappa shape index (κ3) is 2.53. The van der Waals surface area contributed by atoms with Crippen molar-refractivity contribution < 1.29 is 19.4 Å². The van der Waals surface area contributed by atoms with Crippen molar-refractivity contribution in [3.05, 3.63) is 39.8 Å². The number of hydrogen-bond acceptors (Lipinski definition) is 6. The van der Waals surface area contributed by atoms with Crippen LogP contribution in [0.5, 0.6) is 5.88 Å². The minimum absolute atomic E-state index is 0.0598. The zero-order valence-electron chi connectivity index (χ0n) is 14.6. The summed E-state index contributed by atoms with van der Waals surface area (Å²) in [6.07, 6.45) is 4.99. The van der Waals surface area contributed by atoms with Crippen molar-refractivity contribution in [1.82, 2.24) is 14.9 Å². The molecule has 0 aliphatic carbocycles. The first-order chi connectivity index (χ1) is 11.8. The number of hydrogen-bond donors (Lipinski definition) is 2. The Morgan fingerprint density at radius 3 is 2.88 bits per heavy atom. The molecule has 2 aliphatic heterocycles. The number of nitrogens with one attached hydrogen (secondary N) is 1. The molecule has 0 radical (unpaired) electrons. The molecule has 3 rings (SSSR count). The van der Waals surface area contributed by atoms with Gasteiger partial charge in [-0.3, -0.25) is 14.2 Å². The van der Waals surface area contributed by atoms with E-state index in [4.69, 9.17) is 9.47 Å². The van der Waals surface area contributed by atoms with Crippen LogP contribution >= 0.6 is 0 Å². The standard InChI is InChI=1S/C17H21N3O5/c1-5-9(2)17(23)16-18-14-12(8-11(24-4)6-7-25-14)15(22)20(16)10(3)13(21)19-17/h6-10,23H,5H2,1-4H3,(H,19,21)/t9-,10-,17-/m1/s1. The zero-order valence-corrected chi connectivity index (χ0v) is 14.6. The molecular weight excluding hydrogens is 326 g/mol. The Morgan fingerprint density at radius 1 is 1.52 bits per heavy atom. The van der Waals surface area contributed by atoms with Gasteiger partial charge < -0.3 is 19.9 Å². The third-order valence-corrected chi connectivity index (χ3v) is 4.80. The molecule has 0 unspecified atom stereocenters. The molecule has 3 heterocycles. The lowest BCUT2D eigenvalue weighted by atomic mass is 9.91. The van der Waals surface area contributed by atoms with Gasteiger partial charge in [-0.1, -0.05) is 13.8 Å². The molecule has 0 saturated carbocycles. The van der Waals surface area contributed by atoms with E-state index < -0.39 is 23.2 Å². The molecule has 8 heteroatoms. The molecule has 0 bridgehead atoms. The summed E-state index contributed by atoms with van der Waals surface area (Å²) in [7, 11) is 1.47. The van der Waals surface area contributed by atoms with Gasteiger partial charge in [-0.2, -0.15) is 4.98 Å². The molecule has 1 aromatic rings. The van der Waals surface area contributed by atoms with E-state index in [0.29, 0.717) is 12.2 Å². The second-order valence-corrected chi connectivity index (χ2v) is 6.24. The van der Waals surface area contributed by atoms with Crippen LogP contribution in [-0.4, -0.2) is 27.7 Å². The third-order valence-electron chi connectivity index (χ3n) is 4.80. The average Bonchev–Trinajstić information content (AvgIpc) is 2.81. The highest BCUT2D eigenvalue weighted by atomic mass is 16.5. The number of nitrogens with zero attached hydrogens (tertiary/aromatic N) is 2. The number of rotatable bonds is 3. The van der Waals surface area contributed by atoms with E-state index >= 15 is 0 Å². The van der Waals surface area contributed by atoms with Crippen molar-refractivity contribution in [3.63, 3.8) is 0 Å².